The zero-order chi connectivity index (χ0) is 10.6. The number of carbonyl (C=O) groups excluding carboxylic acids is 1. The van der Waals surface area contributed by atoms with Crippen LogP contribution in [0.1, 0.15) is 23.5 Å². The van der Waals surface area contributed by atoms with Gasteiger partial charge in [-0.05, 0) is 17.4 Å². The second-order valence-electron chi connectivity index (χ2n) is 3.55. The van der Waals surface area contributed by atoms with Gasteiger partial charge < -0.3 is 0 Å². The average Bonchev–Trinajstić information content (AvgIpc) is 2.53. The molecule has 0 aromatic carbocycles. The number of ketones is 1. The van der Waals surface area contributed by atoms with Crippen LogP contribution in [0.2, 0.25) is 0 Å². The molecule has 0 saturated carbocycles. The molecule has 0 bridgehead atoms. The highest BCUT2D eigenvalue weighted by atomic mass is 32.2. The molecular weight excluding hydrogens is 216 g/mol. The highest BCUT2D eigenvalue weighted by molar-refractivity contribution is 7.85. The molecule has 0 saturated heterocycles. The van der Waals surface area contributed by atoms with Gasteiger partial charge in [0.25, 0.3) is 0 Å². The van der Waals surface area contributed by atoms with Gasteiger partial charge in [-0.25, -0.2) is 0 Å². The minimum Gasteiger partial charge on any atom is -0.292 e. The third-order valence-corrected chi connectivity index (χ3v) is 4.14. The first-order chi connectivity index (χ1) is 6.59. The maximum Gasteiger partial charge on any atom is 0.185 e. The van der Waals surface area contributed by atoms with Crippen molar-refractivity contribution in [2.24, 2.45) is 5.92 Å². The Kier molecular flexibility index (Phi) is 4.48. The summed E-state index contributed by atoms with van der Waals surface area (Å²) in [5, 5.41) is 1.86. The topological polar surface area (TPSA) is 34.1 Å². The van der Waals surface area contributed by atoms with Gasteiger partial charge in [-0.2, -0.15) is 0 Å². The summed E-state index contributed by atoms with van der Waals surface area (Å²) >= 11 is 1.41. The van der Waals surface area contributed by atoms with Crippen LogP contribution < -0.4 is 0 Å². The normalized spacial score (nSPS) is 13.1. The summed E-state index contributed by atoms with van der Waals surface area (Å²) in [5.74, 6) is 1.15. The number of Topliss-reactive ketones (excluding diaryl/α,β-unsaturated/α-hetero) is 1. The minimum atomic E-state index is -1.01. The van der Waals surface area contributed by atoms with E-state index in [4.69, 9.17) is 0 Å². The molecular formula is C10H14O2S2. The molecule has 1 heterocycles. The van der Waals surface area contributed by atoms with E-state index in [1.54, 1.807) is 6.07 Å². The zero-order valence-electron chi connectivity index (χ0n) is 8.36. The van der Waals surface area contributed by atoms with Crippen LogP contribution in [-0.4, -0.2) is 21.5 Å². The monoisotopic (exact) mass is 230 g/mol. The summed E-state index contributed by atoms with van der Waals surface area (Å²) in [6.07, 6.45) is 0. The number of hydrogen-bond acceptors (Lipinski definition) is 3. The van der Waals surface area contributed by atoms with Crippen molar-refractivity contribution in [3.63, 3.8) is 0 Å². The maximum atomic E-state index is 11.5. The maximum absolute atomic E-state index is 11.5. The molecule has 0 aliphatic carbocycles. The summed E-state index contributed by atoms with van der Waals surface area (Å²) in [6.45, 7) is 4.01. The van der Waals surface area contributed by atoms with E-state index >= 15 is 0 Å². The largest absolute Gasteiger partial charge is 0.292 e. The standard InChI is InChI=1S/C10H14O2S2/c1-8(2)6-14(12)7-9(11)10-4-3-5-13-10/h3-5,8H,6-7H2,1-2H3. The van der Waals surface area contributed by atoms with Crippen LogP contribution in [0.25, 0.3) is 0 Å². The Morgan fingerprint density at radius 2 is 2.29 bits per heavy atom. The second kappa shape index (κ2) is 5.41. The first kappa shape index (κ1) is 11.6. The van der Waals surface area contributed by atoms with Gasteiger partial charge in [0, 0.05) is 16.6 Å². The van der Waals surface area contributed by atoms with Crippen LogP contribution in [0.4, 0.5) is 0 Å². The lowest BCUT2D eigenvalue weighted by molar-refractivity contribution is 0.102. The first-order valence-corrected chi connectivity index (χ1v) is 6.88. The molecule has 0 amide bonds. The third-order valence-electron chi connectivity index (χ3n) is 1.61. The van der Waals surface area contributed by atoms with E-state index in [1.807, 2.05) is 25.3 Å². The van der Waals surface area contributed by atoms with E-state index in [2.05, 4.69) is 0 Å². The van der Waals surface area contributed by atoms with E-state index in [9.17, 15) is 9.00 Å². The van der Waals surface area contributed by atoms with Gasteiger partial charge in [0.2, 0.25) is 0 Å². The molecule has 1 rings (SSSR count). The minimum absolute atomic E-state index is 0.000941. The average molecular weight is 230 g/mol. The van der Waals surface area contributed by atoms with Gasteiger partial charge in [0.15, 0.2) is 5.78 Å². The van der Waals surface area contributed by atoms with Crippen molar-refractivity contribution in [3.8, 4) is 0 Å². The van der Waals surface area contributed by atoms with E-state index in [0.717, 1.165) is 0 Å². The number of carbonyl (C=O) groups is 1. The molecule has 78 valence electrons. The summed E-state index contributed by atoms with van der Waals surface area (Å²) in [5.41, 5.74) is 0. The van der Waals surface area contributed by atoms with Gasteiger partial charge in [-0.1, -0.05) is 19.9 Å². The van der Waals surface area contributed by atoms with Crippen LogP contribution in [-0.2, 0) is 10.8 Å². The summed E-state index contributed by atoms with van der Waals surface area (Å²) in [4.78, 5) is 12.2. The molecule has 1 atom stereocenters. The van der Waals surface area contributed by atoms with Crippen molar-refractivity contribution < 1.29 is 9.00 Å². The Bertz CT molecular complexity index is 315. The predicted molar refractivity (Wildman–Crippen MR) is 61.4 cm³/mol. The van der Waals surface area contributed by atoms with Gasteiger partial charge in [-0.15, -0.1) is 11.3 Å². The Morgan fingerprint density at radius 1 is 1.57 bits per heavy atom. The van der Waals surface area contributed by atoms with Crippen LogP contribution in [0.15, 0.2) is 17.5 Å². The van der Waals surface area contributed by atoms with Gasteiger partial charge in [0.05, 0.1) is 10.6 Å². The van der Waals surface area contributed by atoms with E-state index in [-0.39, 0.29) is 11.5 Å². The summed E-state index contributed by atoms with van der Waals surface area (Å²) in [6, 6.07) is 3.61. The van der Waals surface area contributed by atoms with E-state index in [1.165, 1.54) is 11.3 Å². The number of rotatable bonds is 5. The molecule has 0 radical (unpaired) electrons. The first-order valence-electron chi connectivity index (χ1n) is 4.51. The van der Waals surface area contributed by atoms with E-state index in [0.29, 0.717) is 16.5 Å². The highest BCUT2D eigenvalue weighted by Crippen LogP contribution is 2.10. The van der Waals surface area contributed by atoms with Crippen LogP contribution in [0, 0.1) is 5.92 Å². The van der Waals surface area contributed by atoms with Crippen molar-refractivity contribution in [1.82, 2.24) is 0 Å². The fraction of sp³-hybridized carbons (Fsp3) is 0.500. The van der Waals surface area contributed by atoms with Crippen molar-refractivity contribution in [2.75, 3.05) is 11.5 Å². The molecule has 1 aromatic rings. The van der Waals surface area contributed by atoms with Crippen LogP contribution in [0.5, 0.6) is 0 Å². The Balaban J connectivity index is 2.46. The quantitative estimate of drug-likeness (QED) is 0.728. The van der Waals surface area contributed by atoms with Gasteiger partial charge in [0.1, 0.15) is 0 Å². The van der Waals surface area contributed by atoms with Crippen LogP contribution in [0.3, 0.4) is 0 Å². The van der Waals surface area contributed by atoms with Crippen molar-refractivity contribution >= 4 is 27.9 Å². The highest BCUT2D eigenvalue weighted by Gasteiger charge is 2.12. The SMILES string of the molecule is CC(C)CS(=O)CC(=O)c1cccs1. The zero-order valence-corrected chi connectivity index (χ0v) is 9.99. The molecule has 2 nitrogen and oxygen atoms in total. The van der Waals surface area contributed by atoms with Crippen molar-refractivity contribution in [2.45, 2.75) is 13.8 Å². The number of hydrogen-bond donors (Lipinski definition) is 0. The molecule has 0 aliphatic rings. The van der Waals surface area contributed by atoms with E-state index < -0.39 is 10.8 Å². The molecule has 0 spiro atoms. The second-order valence-corrected chi connectivity index (χ2v) is 5.99. The summed E-state index contributed by atoms with van der Waals surface area (Å²) in [7, 11) is -1.01. The van der Waals surface area contributed by atoms with Crippen molar-refractivity contribution in [1.29, 1.82) is 0 Å². The Labute approximate surface area is 90.8 Å². The van der Waals surface area contributed by atoms with Crippen LogP contribution >= 0.6 is 11.3 Å². The molecule has 0 N–H and O–H groups in total. The lowest BCUT2D eigenvalue weighted by Crippen LogP contribution is -2.14. The molecule has 1 unspecified atom stereocenters. The lowest BCUT2D eigenvalue weighted by Gasteiger charge is -2.03. The third kappa shape index (κ3) is 3.72. The smallest absolute Gasteiger partial charge is 0.185 e. The fourth-order valence-electron chi connectivity index (χ4n) is 1.09. The molecule has 0 fully saturated rings. The molecule has 0 aliphatic heterocycles. The summed E-state index contributed by atoms with van der Waals surface area (Å²) < 4.78 is 11.5. The fourth-order valence-corrected chi connectivity index (χ4v) is 3.15. The van der Waals surface area contributed by atoms with Gasteiger partial charge in [-0.3, -0.25) is 9.00 Å². The van der Waals surface area contributed by atoms with Gasteiger partial charge >= 0.3 is 0 Å². The number of thiophene rings is 1. The Hall–Kier alpha value is -0.480. The lowest BCUT2D eigenvalue weighted by atomic mass is 10.3. The van der Waals surface area contributed by atoms with Crippen molar-refractivity contribution in [3.05, 3.63) is 22.4 Å². The Morgan fingerprint density at radius 3 is 2.79 bits per heavy atom. The predicted octanol–water partition coefficient (Wildman–Crippen LogP) is 2.34. The molecule has 1 aromatic heterocycles. The molecule has 4 heteroatoms. The molecule has 14 heavy (non-hydrogen) atoms.